The molecule has 3 amide bonds. The number of urea groups is 1. The predicted molar refractivity (Wildman–Crippen MR) is 77.5 cm³/mol. The molecule has 0 atom stereocenters. The van der Waals surface area contributed by atoms with Crippen LogP contribution in [-0.4, -0.2) is 34.4 Å². The molecular formula is C13H14N4O2S. The minimum atomic E-state index is -0.484. The van der Waals surface area contributed by atoms with Crippen molar-refractivity contribution in [1.82, 2.24) is 20.8 Å². The molecule has 0 aliphatic rings. The molecule has 0 fully saturated rings. The number of carbonyl (C=O) groups excluding carboxylic acids is 2. The number of amides is 3. The molecule has 20 heavy (non-hydrogen) atoms. The van der Waals surface area contributed by atoms with Crippen molar-refractivity contribution in [2.45, 2.75) is 11.9 Å². The normalized spacial score (nSPS) is 10.2. The molecule has 0 aliphatic carbocycles. The standard InChI is InChI=1S/C13H14N4O2S/c1-2-14-13(19)16-11(18)8-20-12-10-6-4-3-5-9(10)7-15-17-12/h3-7H,2,8H2,1H3,(H2,14,16,18,19). The summed E-state index contributed by atoms with van der Waals surface area (Å²) in [5.74, 6) is -0.254. The van der Waals surface area contributed by atoms with Gasteiger partial charge in [-0.2, -0.15) is 5.10 Å². The number of rotatable bonds is 4. The largest absolute Gasteiger partial charge is 0.338 e. The number of carbonyl (C=O) groups is 2. The molecule has 1 aromatic heterocycles. The Labute approximate surface area is 120 Å². The van der Waals surface area contributed by atoms with E-state index in [0.717, 1.165) is 10.8 Å². The Morgan fingerprint density at radius 2 is 2.10 bits per heavy atom. The van der Waals surface area contributed by atoms with Gasteiger partial charge in [-0.05, 0) is 6.92 Å². The molecule has 0 radical (unpaired) electrons. The first-order valence-electron chi connectivity index (χ1n) is 6.11. The maximum atomic E-state index is 11.6. The van der Waals surface area contributed by atoms with Crippen LogP contribution in [0.1, 0.15) is 6.92 Å². The highest BCUT2D eigenvalue weighted by molar-refractivity contribution is 8.00. The molecule has 0 spiro atoms. The molecule has 7 heteroatoms. The second-order valence-electron chi connectivity index (χ2n) is 3.93. The molecule has 2 aromatic rings. The van der Waals surface area contributed by atoms with Crippen LogP contribution in [-0.2, 0) is 4.79 Å². The quantitative estimate of drug-likeness (QED) is 0.835. The van der Waals surface area contributed by atoms with Gasteiger partial charge in [0.1, 0.15) is 5.03 Å². The Morgan fingerprint density at radius 1 is 1.30 bits per heavy atom. The van der Waals surface area contributed by atoms with Gasteiger partial charge in [0.05, 0.1) is 11.9 Å². The molecule has 0 aliphatic heterocycles. The molecule has 2 rings (SSSR count). The van der Waals surface area contributed by atoms with E-state index >= 15 is 0 Å². The third-order valence-corrected chi connectivity index (χ3v) is 3.45. The van der Waals surface area contributed by atoms with Crippen molar-refractivity contribution in [3.63, 3.8) is 0 Å². The summed E-state index contributed by atoms with van der Waals surface area (Å²) in [6.07, 6.45) is 1.67. The lowest BCUT2D eigenvalue weighted by Crippen LogP contribution is -2.40. The summed E-state index contributed by atoms with van der Waals surface area (Å²) in [6, 6.07) is 7.20. The zero-order chi connectivity index (χ0) is 14.4. The molecular weight excluding hydrogens is 276 g/mol. The van der Waals surface area contributed by atoms with Crippen LogP contribution in [0.2, 0.25) is 0 Å². The average molecular weight is 290 g/mol. The Hall–Kier alpha value is -2.15. The van der Waals surface area contributed by atoms with E-state index in [4.69, 9.17) is 0 Å². The third kappa shape index (κ3) is 3.67. The Morgan fingerprint density at radius 3 is 2.90 bits per heavy atom. The lowest BCUT2D eigenvalue weighted by Gasteiger charge is -2.05. The molecule has 104 valence electrons. The number of nitrogens with zero attached hydrogens (tertiary/aromatic N) is 2. The van der Waals surface area contributed by atoms with E-state index in [1.165, 1.54) is 11.8 Å². The second kappa shape index (κ2) is 6.85. The van der Waals surface area contributed by atoms with Gasteiger partial charge in [0.25, 0.3) is 0 Å². The molecule has 2 N–H and O–H groups in total. The maximum absolute atomic E-state index is 11.6. The van der Waals surface area contributed by atoms with Gasteiger partial charge in [0, 0.05) is 17.3 Å². The van der Waals surface area contributed by atoms with Gasteiger partial charge < -0.3 is 5.32 Å². The van der Waals surface area contributed by atoms with Gasteiger partial charge in [-0.25, -0.2) is 4.79 Å². The molecule has 0 saturated carbocycles. The maximum Gasteiger partial charge on any atom is 0.321 e. The summed E-state index contributed by atoms with van der Waals surface area (Å²) < 4.78 is 0. The van der Waals surface area contributed by atoms with Crippen LogP contribution in [0.4, 0.5) is 4.79 Å². The third-order valence-electron chi connectivity index (χ3n) is 2.47. The summed E-state index contributed by atoms with van der Waals surface area (Å²) in [5, 5.41) is 15.2. The predicted octanol–water partition coefficient (Wildman–Crippen LogP) is 1.57. The van der Waals surface area contributed by atoms with Crippen molar-refractivity contribution in [3.05, 3.63) is 30.5 Å². The van der Waals surface area contributed by atoms with Gasteiger partial charge in [0.2, 0.25) is 5.91 Å². The van der Waals surface area contributed by atoms with E-state index < -0.39 is 6.03 Å². The SMILES string of the molecule is CCNC(=O)NC(=O)CSc1nncc2ccccc12. The van der Waals surface area contributed by atoms with Gasteiger partial charge in [-0.15, -0.1) is 5.10 Å². The number of imide groups is 1. The smallest absolute Gasteiger partial charge is 0.321 e. The molecule has 0 bridgehead atoms. The highest BCUT2D eigenvalue weighted by atomic mass is 32.2. The van der Waals surface area contributed by atoms with Crippen LogP contribution in [0.25, 0.3) is 10.8 Å². The van der Waals surface area contributed by atoms with Crippen molar-refractivity contribution in [2.75, 3.05) is 12.3 Å². The van der Waals surface area contributed by atoms with Crippen LogP contribution < -0.4 is 10.6 Å². The number of benzene rings is 1. The van der Waals surface area contributed by atoms with E-state index in [2.05, 4.69) is 20.8 Å². The Balaban J connectivity index is 1.99. The van der Waals surface area contributed by atoms with Crippen molar-refractivity contribution in [1.29, 1.82) is 0 Å². The highest BCUT2D eigenvalue weighted by Crippen LogP contribution is 2.24. The molecule has 0 unspecified atom stereocenters. The summed E-state index contributed by atoms with van der Waals surface area (Å²) in [6.45, 7) is 2.26. The van der Waals surface area contributed by atoms with E-state index in [1.54, 1.807) is 13.1 Å². The van der Waals surface area contributed by atoms with E-state index in [-0.39, 0.29) is 11.7 Å². The average Bonchev–Trinajstić information content (AvgIpc) is 2.45. The van der Waals surface area contributed by atoms with Gasteiger partial charge >= 0.3 is 6.03 Å². The first kappa shape index (κ1) is 14.3. The van der Waals surface area contributed by atoms with Crippen LogP contribution in [0.15, 0.2) is 35.5 Å². The summed E-state index contributed by atoms with van der Waals surface area (Å²) in [7, 11) is 0. The lowest BCUT2D eigenvalue weighted by molar-refractivity contribution is -0.117. The zero-order valence-corrected chi connectivity index (χ0v) is 11.7. The minimum Gasteiger partial charge on any atom is -0.338 e. The first-order chi connectivity index (χ1) is 9.70. The van der Waals surface area contributed by atoms with E-state index in [1.807, 2.05) is 24.3 Å². The highest BCUT2D eigenvalue weighted by Gasteiger charge is 2.10. The minimum absolute atomic E-state index is 0.111. The molecule has 6 nitrogen and oxygen atoms in total. The number of aromatic nitrogens is 2. The van der Waals surface area contributed by atoms with Crippen LogP contribution in [0, 0.1) is 0 Å². The van der Waals surface area contributed by atoms with E-state index in [9.17, 15) is 9.59 Å². The topological polar surface area (TPSA) is 84.0 Å². The van der Waals surface area contributed by atoms with Crippen LogP contribution in [0.3, 0.4) is 0 Å². The number of hydrogen-bond acceptors (Lipinski definition) is 5. The number of fused-ring (bicyclic) bond motifs is 1. The zero-order valence-electron chi connectivity index (χ0n) is 10.9. The van der Waals surface area contributed by atoms with Gasteiger partial charge in [0.15, 0.2) is 0 Å². The fourth-order valence-corrected chi connectivity index (χ4v) is 2.40. The van der Waals surface area contributed by atoms with Crippen molar-refractivity contribution < 1.29 is 9.59 Å². The molecule has 0 saturated heterocycles. The summed E-state index contributed by atoms with van der Waals surface area (Å²) >= 11 is 1.25. The van der Waals surface area contributed by atoms with Crippen molar-refractivity contribution >= 4 is 34.5 Å². The molecule has 1 aromatic carbocycles. The fraction of sp³-hybridized carbons (Fsp3) is 0.231. The van der Waals surface area contributed by atoms with Crippen molar-refractivity contribution in [2.24, 2.45) is 0 Å². The lowest BCUT2D eigenvalue weighted by atomic mass is 10.2. The van der Waals surface area contributed by atoms with Crippen LogP contribution >= 0.6 is 11.8 Å². The number of hydrogen-bond donors (Lipinski definition) is 2. The van der Waals surface area contributed by atoms with Crippen molar-refractivity contribution in [3.8, 4) is 0 Å². The Bertz CT molecular complexity index is 627. The number of nitrogens with one attached hydrogen (secondary N) is 2. The van der Waals surface area contributed by atoms with E-state index in [0.29, 0.717) is 11.6 Å². The number of thioether (sulfide) groups is 1. The van der Waals surface area contributed by atoms with Gasteiger partial charge in [-0.1, -0.05) is 36.0 Å². The van der Waals surface area contributed by atoms with Crippen LogP contribution in [0.5, 0.6) is 0 Å². The first-order valence-corrected chi connectivity index (χ1v) is 7.10. The monoisotopic (exact) mass is 290 g/mol. The van der Waals surface area contributed by atoms with Gasteiger partial charge in [-0.3, -0.25) is 10.1 Å². The Kier molecular flexibility index (Phi) is 4.89. The molecule has 1 heterocycles. The fourth-order valence-electron chi connectivity index (χ4n) is 1.61. The summed E-state index contributed by atoms with van der Waals surface area (Å²) in [5.41, 5.74) is 0. The second-order valence-corrected chi connectivity index (χ2v) is 4.90. The summed E-state index contributed by atoms with van der Waals surface area (Å²) in [4.78, 5) is 22.8.